The zero-order chi connectivity index (χ0) is 14.5. The summed E-state index contributed by atoms with van der Waals surface area (Å²) in [7, 11) is 1.54. The highest BCUT2D eigenvalue weighted by atomic mass is 16.5. The Morgan fingerprint density at radius 3 is 2.84 bits per heavy atom. The van der Waals surface area contributed by atoms with E-state index >= 15 is 0 Å². The van der Waals surface area contributed by atoms with E-state index in [1.165, 1.54) is 6.20 Å². The fourth-order valence-electron chi connectivity index (χ4n) is 1.94. The van der Waals surface area contributed by atoms with Gasteiger partial charge in [-0.3, -0.25) is 9.78 Å². The number of ether oxygens (including phenoxy) is 1. The molecule has 1 amide bonds. The Balaban J connectivity index is 2.60. The van der Waals surface area contributed by atoms with Gasteiger partial charge >= 0.3 is 0 Å². The molecule has 0 saturated heterocycles. The molecule has 106 valence electrons. The maximum absolute atomic E-state index is 12.0. The quantitative estimate of drug-likeness (QED) is 0.820. The van der Waals surface area contributed by atoms with Gasteiger partial charge in [-0.1, -0.05) is 13.8 Å². The molecule has 1 heterocycles. The molecule has 0 aliphatic rings. The molecule has 0 aliphatic heterocycles. The average molecular weight is 266 g/mol. The third-order valence-corrected chi connectivity index (χ3v) is 2.78. The van der Waals surface area contributed by atoms with Crippen molar-refractivity contribution in [2.24, 2.45) is 5.41 Å². The number of nitrogens with one attached hydrogen (secondary N) is 1. The van der Waals surface area contributed by atoms with E-state index < -0.39 is 0 Å². The molecule has 5 heteroatoms. The van der Waals surface area contributed by atoms with Crippen LogP contribution in [0, 0.1) is 5.41 Å². The lowest BCUT2D eigenvalue weighted by Gasteiger charge is -2.26. The standard InChI is InChI=1S/C14H22N2O3/c1-10(17)8-14(2,3)9-16-13(18)12-7-11(19-4)5-6-15-12/h5-7,10,17H,8-9H2,1-4H3,(H,16,18). The Morgan fingerprint density at radius 1 is 1.58 bits per heavy atom. The molecule has 0 radical (unpaired) electrons. The minimum atomic E-state index is -0.387. The summed E-state index contributed by atoms with van der Waals surface area (Å²) in [5, 5.41) is 12.2. The van der Waals surface area contributed by atoms with E-state index in [9.17, 15) is 9.90 Å². The predicted molar refractivity (Wildman–Crippen MR) is 73.2 cm³/mol. The summed E-state index contributed by atoms with van der Waals surface area (Å²) in [6.07, 6.45) is 1.77. The highest BCUT2D eigenvalue weighted by Crippen LogP contribution is 2.21. The number of carbonyl (C=O) groups excluding carboxylic acids is 1. The van der Waals surface area contributed by atoms with E-state index in [4.69, 9.17) is 4.74 Å². The normalized spacial score (nSPS) is 12.9. The van der Waals surface area contributed by atoms with Crippen LogP contribution in [0.2, 0.25) is 0 Å². The van der Waals surface area contributed by atoms with Gasteiger partial charge in [0.1, 0.15) is 11.4 Å². The van der Waals surface area contributed by atoms with Gasteiger partial charge in [0.05, 0.1) is 13.2 Å². The van der Waals surface area contributed by atoms with Gasteiger partial charge in [0, 0.05) is 18.8 Å². The first-order chi connectivity index (χ1) is 8.84. The number of hydrogen-bond acceptors (Lipinski definition) is 4. The molecule has 1 atom stereocenters. The number of pyridine rings is 1. The van der Waals surface area contributed by atoms with Crippen LogP contribution in [0.15, 0.2) is 18.3 Å². The molecule has 0 spiro atoms. The molecular weight excluding hydrogens is 244 g/mol. The summed E-state index contributed by atoms with van der Waals surface area (Å²) in [5.74, 6) is 0.362. The third kappa shape index (κ3) is 5.26. The number of hydrogen-bond donors (Lipinski definition) is 2. The number of methoxy groups -OCH3 is 1. The Morgan fingerprint density at radius 2 is 2.26 bits per heavy atom. The van der Waals surface area contributed by atoms with Gasteiger partial charge in [0.25, 0.3) is 5.91 Å². The molecule has 0 fully saturated rings. The monoisotopic (exact) mass is 266 g/mol. The molecule has 2 N–H and O–H groups in total. The summed E-state index contributed by atoms with van der Waals surface area (Å²) >= 11 is 0. The maximum atomic E-state index is 12.0. The molecule has 0 aromatic carbocycles. The third-order valence-electron chi connectivity index (χ3n) is 2.78. The van der Waals surface area contributed by atoms with Gasteiger partial charge in [0.2, 0.25) is 0 Å². The first kappa shape index (κ1) is 15.4. The van der Waals surface area contributed by atoms with Crippen LogP contribution in [0.5, 0.6) is 5.75 Å². The van der Waals surface area contributed by atoms with Crippen molar-refractivity contribution in [3.8, 4) is 5.75 Å². The molecule has 1 aromatic rings. The first-order valence-corrected chi connectivity index (χ1v) is 6.30. The van der Waals surface area contributed by atoms with Gasteiger partial charge in [0.15, 0.2) is 0 Å². The molecular formula is C14H22N2O3. The summed E-state index contributed by atoms with van der Waals surface area (Å²) in [4.78, 5) is 16.0. The van der Waals surface area contributed by atoms with Gasteiger partial charge in [-0.25, -0.2) is 0 Å². The predicted octanol–water partition coefficient (Wildman–Crippen LogP) is 1.62. The van der Waals surface area contributed by atoms with Crippen molar-refractivity contribution >= 4 is 5.91 Å². The van der Waals surface area contributed by atoms with Crippen LogP contribution in [0.1, 0.15) is 37.7 Å². The molecule has 1 rings (SSSR count). The summed E-state index contributed by atoms with van der Waals surface area (Å²) in [5.41, 5.74) is 0.162. The zero-order valence-electron chi connectivity index (χ0n) is 11.9. The Hall–Kier alpha value is -1.62. The SMILES string of the molecule is COc1ccnc(C(=O)NCC(C)(C)CC(C)O)c1. The molecule has 0 saturated carbocycles. The Labute approximate surface area is 114 Å². The lowest BCUT2D eigenvalue weighted by atomic mass is 9.87. The van der Waals surface area contributed by atoms with Gasteiger partial charge in [-0.2, -0.15) is 0 Å². The number of rotatable bonds is 6. The van der Waals surface area contributed by atoms with E-state index in [-0.39, 0.29) is 17.4 Å². The van der Waals surface area contributed by atoms with Crippen molar-refractivity contribution in [1.29, 1.82) is 0 Å². The van der Waals surface area contributed by atoms with Crippen molar-refractivity contribution in [2.75, 3.05) is 13.7 Å². The van der Waals surface area contributed by atoms with Gasteiger partial charge < -0.3 is 15.2 Å². The Kier molecular flexibility index (Phi) is 5.30. The number of aliphatic hydroxyl groups is 1. The van der Waals surface area contributed by atoms with E-state index in [1.54, 1.807) is 26.2 Å². The molecule has 0 aliphatic carbocycles. The van der Waals surface area contributed by atoms with Gasteiger partial charge in [-0.15, -0.1) is 0 Å². The highest BCUT2D eigenvalue weighted by Gasteiger charge is 2.21. The first-order valence-electron chi connectivity index (χ1n) is 6.30. The molecule has 5 nitrogen and oxygen atoms in total. The summed E-state index contributed by atoms with van der Waals surface area (Å²) in [6, 6.07) is 3.28. The Bertz CT molecular complexity index is 430. The van der Waals surface area contributed by atoms with Crippen LogP contribution in [0.4, 0.5) is 0 Å². The van der Waals surface area contributed by atoms with Crippen LogP contribution in [-0.4, -0.2) is 35.8 Å². The van der Waals surface area contributed by atoms with Crippen LogP contribution in [-0.2, 0) is 0 Å². The van der Waals surface area contributed by atoms with Crippen molar-refractivity contribution in [3.05, 3.63) is 24.0 Å². The van der Waals surface area contributed by atoms with Crippen LogP contribution >= 0.6 is 0 Å². The fraction of sp³-hybridized carbons (Fsp3) is 0.571. The molecule has 1 unspecified atom stereocenters. The van der Waals surface area contributed by atoms with Crippen molar-refractivity contribution in [2.45, 2.75) is 33.3 Å². The van der Waals surface area contributed by atoms with Crippen LogP contribution in [0.25, 0.3) is 0 Å². The maximum Gasteiger partial charge on any atom is 0.270 e. The number of aromatic nitrogens is 1. The smallest absolute Gasteiger partial charge is 0.270 e. The van der Waals surface area contributed by atoms with E-state index in [0.717, 1.165) is 0 Å². The number of aliphatic hydroxyl groups excluding tert-OH is 1. The minimum Gasteiger partial charge on any atom is -0.497 e. The van der Waals surface area contributed by atoms with Crippen molar-refractivity contribution < 1.29 is 14.6 Å². The molecule has 1 aromatic heterocycles. The fourth-order valence-corrected chi connectivity index (χ4v) is 1.94. The molecule has 0 bridgehead atoms. The van der Waals surface area contributed by atoms with Crippen molar-refractivity contribution in [1.82, 2.24) is 10.3 Å². The van der Waals surface area contributed by atoms with E-state index in [0.29, 0.717) is 24.4 Å². The number of amides is 1. The minimum absolute atomic E-state index is 0.164. The van der Waals surface area contributed by atoms with Crippen molar-refractivity contribution in [3.63, 3.8) is 0 Å². The second-order valence-corrected chi connectivity index (χ2v) is 5.48. The topological polar surface area (TPSA) is 71.5 Å². The zero-order valence-corrected chi connectivity index (χ0v) is 11.9. The molecule has 19 heavy (non-hydrogen) atoms. The highest BCUT2D eigenvalue weighted by molar-refractivity contribution is 5.92. The number of nitrogens with zero attached hydrogens (tertiary/aromatic N) is 1. The lowest BCUT2D eigenvalue weighted by molar-refractivity contribution is 0.0897. The largest absolute Gasteiger partial charge is 0.497 e. The lowest BCUT2D eigenvalue weighted by Crippen LogP contribution is -2.36. The van der Waals surface area contributed by atoms with Crippen LogP contribution in [0.3, 0.4) is 0 Å². The summed E-state index contributed by atoms with van der Waals surface area (Å²) in [6.45, 7) is 6.22. The van der Waals surface area contributed by atoms with Gasteiger partial charge in [-0.05, 0) is 24.8 Å². The second kappa shape index (κ2) is 6.52. The summed E-state index contributed by atoms with van der Waals surface area (Å²) < 4.78 is 5.05. The average Bonchev–Trinajstić information content (AvgIpc) is 2.34. The number of carbonyl (C=O) groups is 1. The van der Waals surface area contributed by atoms with E-state index in [2.05, 4.69) is 10.3 Å². The van der Waals surface area contributed by atoms with E-state index in [1.807, 2.05) is 13.8 Å². The second-order valence-electron chi connectivity index (χ2n) is 5.48. The van der Waals surface area contributed by atoms with Crippen LogP contribution < -0.4 is 10.1 Å².